The van der Waals surface area contributed by atoms with Gasteiger partial charge in [0.25, 0.3) is 0 Å². The van der Waals surface area contributed by atoms with E-state index in [0.29, 0.717) is 18.8 Å². The van der Waals surface area contributed by atoms with Crippen molar-refractivity contribution in [2.45, 2.75) is 389 Å². The number of unbranched alkanes of at least 4 members (excludes halogenated alkanes) is 31. The quantitative estimate of drug-likeness (QED) is 0.00512. The SMILES string of the molecule is CCCCCCCCC/C=C\CCCCCC(=O)OCC(COP(=O)(O)OC1C(OC2OC(CO)C(O)C(O)C2O)C(O)C(O)C(O)C1OC1OC(COC(=O)/C=C/C=C/CCCCCCCCCCCCC)C(O)C(O)C1O)OC(=O)CCCCCCCCC(C)CCCCCCCC. The van der Waals surface area contributed by atoms with Crippen LogP contribution >= 0.6 is 7.82 Å². The van der Waals surface area contributed by atoms with Gasteiger partial charge in [-0.05, 0) is 57.3 Å². The van der Waals surface area contributed by atoms with Crippen LogP contribution in [0.25, 0.3) is 0 Å². The van der Waals surface area contributed by atoms with E-state index in [2.05, 4.69) is 39.8 Å². The third-order valence-electron chi connectivity index (χ3n) is 19.1. The Kier molecular flexibility index (Phi) is 50.8. The van der Waals surface area contributed by atoms with E-state index in [9.17, 15) is 74.9 Å². The van der Waals surface area contributed by atoms with E-state index >= 15 is 0 Å². The molecule has 0 amide bonds. The molecule has 100 heavy (non-hydrogen) atoms. The number of hydrogen-bond donors (Lipinski definition) is 11. The zero-order chi connectivity index (χ0) is 73.3. The van der Waals surface area contributed by atoms with Crippen molar-refractivity contribution in [1.29, 1.82) is 0 Å². The summed E-state index contributed by atoms with van der Waals surface area (Å²) in [6.45, 7) is 5.66. The lowest BCUT2D eigenvalue weighted by atomic mass is 9.84. The number of allylic oxidation sites excluding steroid dienone is 5. The maximum Gasteiger partial charge on any atom is 0.472 e. The molecule has 1 saturated carbocycles. The second kappa shape index (κ2) is 55.6. The minimum Gasteiger partial charge on any atom is -0.462 e. The van der Waals surface area contributed by atoms with E-state index in [1.807, 2.05) is 6.08 Å². The third kappa shape index (κ3) is 38.4. The molecular formula is C75H135O24P. The first-order chi connectivity index (χ1) is 48.2. The van der Waals surface area contributed by atoms with Gasteiger partial charge in [-0.15, -0.1) is 0 Å². The zero-order valence-electron chi connectivity index (χ0n) is 61.1. The van der Waals surface area contributed by atoms with Gasteiger partial charge in [0.1, 0.15) is 98.7 Å². The van der Waals surface area contributed by atoms with Gasteiger partial charge in [0.15, 0.2) is 18.7 Å². The summed E-state index contributed by atoms with van der Waals surface area (Å²) < 4.78 is 64.9. The number of aliphatic hydroxyl groups excluding tert-OH is 10. The van der Waals surface area contributed by atoms with Crippen LogP contribution < -0.4 is 0 Å². The lowest BCUT2D eigenvalue weighted by Gasteiger charge is -2.49. The Hall–Kier alpha value is -2.82. The Labute approximate surface area is 597 Å². The van der Waals surface area contributed by atoms with Gasteiger partial charge in [-0.3, -0.25) is 18.6 Å². The summed E-state index contributed by atoms with van der Waals surface area (Å²) in [7, 11) is -5.71. The number of ether oxygens (including phenoxy) is 7. The molecule has 2 aliphatic heterocycles. The number of phosphoric ester groups is 1. The van der Waals surface area contributed by atoms with Crippen molar-refractivity contribution in [3.05, 3.63) is 36.5 Å². The van der Waals surface area contributed by atoms with Crippen molar-refractivity contribution in [1.82, 2.24) is 0 Å². The maximum atomic E-state index is 14.4. The molecule has 2 saturated heterocycles. The first kappa shape index (κ1) is 91.4. The molecule has 0 spiro atoms. The van der Waals surface area contributed by atoms with E-state index < -0.39 is 156 Å². The smallest absolute Gasteiger partial charge is 0.462 e. The van der Waals surface area contributed by atoms with E-state index in [4.69, 9.17) is 42.2 Å². The van der Waals surface area contributed by atoms with Gasteiger partial charge >= 0.3 is 25.7 Å². The monoisotopic (exact) mass is 1450 g/mol. The molecule has 0 aromatic carbocycles. The minimum absolute atomic E-state index is 0.0222. The summed E-state index contributed by atoms with van der Waals surface area (Å²) in [6.07, 6.45) is 17.0. The highest BCUT2D eigenvalue weighted by molar-refractivity contribution is 7.47. The number of hydrogen-bond acceptors (Lipinski definition) is 23. The molecule has 24 nitrogen and oxygen atoms in total. The molecule has 11 N–H and O–H groups in total. The molecule has 19 unspecified atom stereocenters. The average molecular weight is 1450 g/mol. The van der Waals surface area contributed by atoms with Crippen molar-refractivity contribution in [2.75, 3.05) is 26.4 Å². The number of esters is 3. The van der Waals surface area contributed by atoms with Gasteiger partial charge in [-0.25, -0.2) is 9.36 Å². The highest BCUT2D eigenvalue weighted by Crippen LogP contribution is 2.49. The van der Waals surface area contributed by atoms with Crippen molar-refractivity contribution in [3.8, 4) is 0 Å². The third-order valence-corrected chi connectivity index (χ3v) is 20.1. The predicted molar refractivity (Wildman–Crippen MR) is 379 cm³/mol. The number of carbonyl (C=O) groups excluding carboxylic acids is 3. The number of phosphoric acid groups is 1. The van der Waals surface area contributed by atoms with Gasteiger partial charge < -0.3 is 89.1 Å². The van der Waals surface area contributed by atoms with Crippen LogP contribution in [-0.4, -0.2) is 204 Å². The highest BCUT2D eigenvalue weighted by Gasteiger charge is 2.58. The molecule has 3 rings (SSSR count). The van der Waals surface area contributed by atoms with Crippen molar-refractivity contribution in [3.63, 3.8) is 0 Å². The first-order valence-electron chi connectivity index (χ1n) is 38.7. The molecule has 584 valence electrons. The largest absolute Gasteiger partial charge is 0.472 e. The van der Waals surface area contributed by atoms with Crippen molar-refractivity contribution >= 4 is 25.7 Å². The Balaban J connectivity index is 1.75. The molecule has 0 aromatic heterocycles. The normalized spacial score (nSPS) is 27.8. The molecule has 3 fully saturated rings. The van der Waals surface area contributed by atoms with Gasteiger partial charge in [-0.2, -0.15) is 0 Å². The summed E-state index contributed by atoms with van der Waals surface area (Å²) in [6, 6.07) is 0. The second-order valence-electron chi connectivity index (χ2n) is 28.1. The molecule has 25 heteroatoms. The van der Waals surface area contributed by atoms with Gasteiger partial charge in [-0.1, -0.05) is 251 Å². The molecule has 2 heterocycles. The molecule has 3 aliphatic rings. The number of carbonyl (C=O) groups is 3. The molecule has 1 aliphatic carbocycles. The van der Waals surface area contributed by atoms with Gasteiger partial charge in [0.2, 0.25) is 0 Å². The molecular weight excluding hydrogens is 1320 g/mol. The Morgan fingerprint density at radius 2 is 0.840 bits per heavy atom. The van der Waals surface area contributed by atoms with Crippen molar-refractivity contribution in [2.24, 2.45) is 5.92 Å². The van der Waals surface area contributed by atoms with Crippen molar-refractivity contribution < 1.29 is 117 Å². The molecule has 0 aromatic rings. The topological polar surface area (TPSA) is 374 Å². The fraction of sp³-hybridized carbons (Fsp3) is 0.880. The summed E-state index contributed by atoms with van der Waals surface area (Å²) in [5.74, 6) is -1.57. The summed E-state index contributed by atoms with van der Waals surface area (Å²) >= 11 is 0. The Morgan fingerprint density at radius 3 is 1.32 bits per heavy atom. The van der Waals surface area contributed by atoms with Crippen LogP contribution in [0.1, 0.15) is 285 Å². The zero-order valence-corrected chi connectivity index (χ0v) is 62.0. The first-order valence-corrected chi connectivity index (χ1v) is 40.2. The number of aliphatic hydroxyl groups is 10. The Bertz CT molecular complexity index is 2220. The lowest BCUT2D eigenvalue weighted by Crippen LogP contribution is -2.69. The van der Waals surface area contributed by atoms with Crippen LogP contribution in [0.2, 0.25) is 0 Å². The highest BCUT2D eigenvalue weighted by atomic mass is 31.2. The Morgan fingerprint density at radius 1 is 0.440 bits per heavy atom. The van der Waals surface area contributed by atoms with E-state index in [1.54, 1.807) is 6.08 Å². The molecule has 19 atom stereocenters. The summed E-state index contributed by atoms with van der Waals surface area (Å²) in [5.41, 5.74) is 0. The predicted octanol–water partition coefficient (Wildman–Crippen LogP) is 10.9. The lowest BCUT2D eigenvalue weighted by molar-refractivity contribution is -0.360. The average Bonchev–Trinajstić information content (AvgIpc) is 0.763. The fourth-order valence-corrected chi connectivity index (χ4v) is 13.7. The second-order valence-corrected chi connectivity index (χ2v) is 29.5. The summed E-state index contributed by atoms with van der Waals surface area (Å²) in [5, 5.41) is 110. The van der Waals surface area contributed by atoms with Crippen LogP contribution in [0, 0.1) is 5.92 Å². The van der Waals surface area contributed by atoms with Crippen LogP contribution in [-0.2, 0) is 61.2 Å². The van der Waals surface area contributed by atoms with Crippen LogP contribution in [0.3, 0.4) is 0 Å². The van der Waals surface area contributed by atoms with Crippen LogP contribution in [0.4, 0.5) is 0 Å². The molecule has 0 bridgehead atoms. The van der Waals surface area contributed by atoms with Gasteiger partial charge in [0, 0.05) is 18.9 Å². The van der Waals surface area contributed by atoms with Gasteiger partial charge in [0.05, 0.1) is 13.2 Å². The van der Waals surface area contributed by atoms with E-state index in [-0.39, 0.29) is 12.8 Å². The standard InChI is InChI=1S/C75H135O24P/c1-5-8-11-14-17-19-21-23-25-27-29-31-33-39-44-49-60(78)92-54-58-63(81)65(83)70(88)75(96-58)98-72-68(86)66(84)67(85)71(97-74-69(87)64(82)62(80)57(51-76)95-74)73(72)99-100(89,90)93-53-56(52-91-59(77)48-43-38-32-30-28-26-24-22-20-18-15-12-9-6-2)94-61(79)50-45-40-35-34-37-42-47-55(4)46-41-36-16-13-10-7-3/h26,28,33,39,44,49,55-58,62-76,80-88H,5-25,27,29-32,34-38,40-43,45-48,50-54H2,1-4H3,(H,89,90)/b28-26-,39-33+,49-44+. The fourth-order valence-electron chi connectivity index (χ4n) is 12.7. The molecule has 0 radical (unpaired) electrons. The van der Waals surface area contributed by atoms with Crippen LogP contribution in [0.15, 0.2) is 36.5 Å². The van der Waals surface area contributed by atoms with Crippen LogP contribution in [0.5, 0.6) is 0 Å². The maximum absolute atomic E-state index is 14.4. The van der Waals surface area contributed by atoms with E-state index in [0.717, 1.165) is 96.0 Å². The van der Waals surface area contributed by atoms with E-state index in [1.165, 1.54) is 147 Å². The minimum atomic E-state index is -5.71. The summed E-state index contributed by atoms with van der Waals surface area (Å²) in [4.78, 5) is 51.0. The number of rotatable bonds is 59.